The van der Waals surface area contributed by atoms with Gasteiger partial charge in [0.15, 0.2) is 0 Å². The predicted octanol–water partition coefficient (Wildman–Crippen LogP) is 4.13. The number of pyridine rings is 1. The van der Waals surface area contributed by atoms with E-state index in [0.29, 0.717) is 5.92 Å². The number of hydrogen-bond acceptors (Lipinski definition) is 2. The summed E-state index contributed by atoms with van der Waals surface area (Å²) < 4.78 is 6.09. The van der Waals surface area contributed by atoms with Gasteiger partial charge in [0.2, 0.25) is 0 Å². The Morgan fingerprint density at radius 3 is 2.89 bits per heavy atom. The minimum absolute atomic E-state index is 0.223. The maximum absolute atomic E-state index is 6.09. The van der Waals surface area contributed by atoms with Crippen molar-refractivity contribution in [2.75, 3.05) is 0 Å². The second-order valence-corrected chi connectivity index (χ2v) is 5.76. The fourth-order valence-corrected chi connectivity index (χ4v) is 3.01. The van der Waals surface area contributed by atoms with Crippen LogP contribution in [0, 0.1) is 0 Å². The number of nitrogens with zero attached hydrogens (tertiary/aromatic N) is 1. The third-order valence-corrected chi connectivity index (χ3v) is 3.66. The molecule has 19 heavy (non-hydrogen) atoms. The largest absolute Gasteiger partial charge is 0.483 e. The van der Waals surface area contributed by atoms with Crippen molar-refractivity contribution < 1.29 is 4.74 Å². The summed E-state index contributed by atoms with van der Waals surface area (Å²) in [4.78, 5) is 4.51. The quantitative estimate of drug-likeness (QED) is 0.750. The monoisotopic (exact) mass is 253 g/mol. The smallest absolute Gasteiger partial charge is 0.124 e. The van der Waals surface area contributed by atoms with Crippen molar-refractivity contribution in [1.29, 1.82) is 0 Å². The Bertz CT molecular complexity index is 579. The van der Waals surface area contributed by atoms with Gasteiger partial charge in [0.25, 0.3) is 0 Å². The van der Waals surface area contributed by atoms with Crippen LogP contribution in [-0.2, 0) is 4.74 Å². The predicted molar refractivity (Wildman–Crippen MR) is 76.7 cm³/mol. The van der Waals surface area contributed by atoms with Gasteiger partial charge in [-0.2, -0.15) is 0 Å². The summed E-state index contributed by atoms with van der Waals surface area (Å²) in [5.74, 6) is 1.32. The lowest BCUT2D eigenvalue weighted by molar-refractivity contribution is 0.0776. The standard InChI is InChI=1S/C17H19NO/c1-12-11-17(2,3)19-15-9-6-7-13(16(12)15)14-8-4-5-10-18-14/h4-6,8-11,13H,7H2,1-3H3/t13-/m0/s1. The van der Waals surface area contributed by atoms with Crippen LogP contribution in [0.2, 0.25) is 0 Å². The molecule has 1 atom stereocenters. The van der Waals surface area contributed by atoms with Crippen LogP contribution in [0.25, 0.3) is 0 Å². The van der Waals surface area contributed by atoms with E-state index in [1.54, 1.807) is 0 Å². The van der Waals surface area contributed by atoms with Gasteiger partial charge in [-0.1, -0.05) is 12.1 Å². The summed E-state index contributed by atoms with van der Waals surface area (Å²) in [5, 5.41) is 0. The molecule has 0 saturated heterocycles. The molecule has 2 heteroatoms. The van der Waals surface area contributed by atoms with E-state index in [0.717, 1.165) is 17.9 Å². The molecule has 2 heterocycles. The Morgan fingerprint density at radius 2 is 2.16 bits per heavy atom. The molecular formula is C17H19NO. The van der Waals surface area contributed by atoms with Gasteiger partial charge >= 0.3 is 0 Å². The van der Waals surface area contributed by atoms with Crippen LogP contribution in [0.1, 0.15) is 38.8 Å². The summed E-state index contributed by atoms with van der Waals surface area (Å²) in [6, 6.07) is 6.11. The minimum Gasteiger partial charge on any atom is -0.483 e. The summed E-state index contributed by atoms with van der Waals surface area (Å²) >= 11 is 0. The first kappa shape index (κ1) is 12.2. The summed E-state index contributed by atoms with van der Waals surface area (Å²) in [6.45, 7) is 6.37. The van der Waals surface area contributed by atoms with Crippen LogP contribution in [-0.4, -0.2) is 10.6 Å². The first-order chi connectivity index (χ1) is 9.07. The maximum Gasteiger partial charge on any atom is 0.124 e. The highest BCUT2D eigenvalue weighted by Crippen LogP contribution is 2.42. The van der Waals surface area contributed by atoms with E-state index < -0.39 is 0 Å². The first-order valence-electron chi connectivity index (χ1n) is 6.77. The van der Waals surface area contributed by atoms with Crippen LogP contribution in [0.4, 0.5) is 0 Å². The molecule has 3 rings (SSSR count). The molecule has 1 aliphatic heterocycles. The minimum atomic E-state index is -0.223. The average molecular weight is 253 g/mol. The van der Waals surface area contributed by atoms with E-state index in [-0.39, 0.29) is 5.60 Å². The molecule has 98 valence electrons. The van der Waals surface area contributed by atoms with Crippen molar-refractivity contribution in [1.82, 2.24) is 4.98 Å². The first-order valence-corrected chi connectivity index (χ1v) is 6.77. The number of hydrogen-bond donors (Lipinski definition) is 0. The molecule has 0 amide bonds. The molecule has 0 radical (unpaired) electrons. The Balaban J connectivity index is 2.05. The van der Waals surface area contributed by atoms with E-state index in [2.05, 4.69) is 50.0 Å². The zero-order chi connectivity index (χ0) is 13.5. The average Bonchev–Trinajstić information content (AvgIpc) is 2.37. The molecule has 1 aromatic rings. The van der Waals surface area contributed by atoms with Gasteiger partial charge in [-0.3, -0.25) is 4.98 Å². The molecule has 0 aromatic carbocycles. The molecule has 2 aliphatic rings. The zero-order valence-electron chi connectivity index (χ0n) is 11.7. The Morgan fingerprint density at radius 1 is 1.32 bits per heavy atom. The number of rotatable bonds is 1. The van der Waals surface area contributed by atoms with Crippen molar-refractivity contribution in [2.24, 2.45) is 0 Å². The van der Waals surface area contributed by atoms with Crippen LogP contribution in [0.5, 0.6) is 0 Å². The normalized spacial score (nSPS) is 24.6. The van der Waals surface area contributed by atoms with Gasteiger partial charge in [0.05, 0.1) is 0 Å². The SMILES string of the molecule is CC1=CC(C)(C)OC2=C1[C@H](c1ccccn1)CC=C2. The summed E-state index contributed by atoms with van der Waals surface area (Å²) in [5.41, 5.74) is 3.50. The van der Waals surface area contributed by atoms with Gasteiger partial charge in [0.1, 0.15) is 11.4 Å². The summed E-state index contributed by atoms with van der Waals surface area (Å²) in [6.07, 6.45) is 9.35. The van der Waals surface area contributed by atoms with E-state index in [9.17, 15) is 0 Å². The van der Waals surface area contributed by atoms with Gasteiger partial charge in [-0.25, -0.2) is 0 Å². The third-order valence-electron chi connectivity index (χ3n) is 3.66. The molecule has 2 nitrogen and oxygen atoms in total. The van der Waals surface area contributed by atoms with Crippen molar-refractivity contribution in [3.63, 3.8) is 0 Å². The van der Waals surface area contributed by atoms with Crippen LogP contribution in [0.3, 0.4) is 0 Å². The molecule has 0 spiro atoms. The van der Waals surface area contributed by atoms with Crippen molar-refractivity contribution in [2.45, 2.75) is 38.7 Å². The number of ether oxygens (including phenoxy) is 1. The Kier molecular flexibility index (Phi) is 2.81. The topological polar surface area (TPSA) is 22.1 Å². The van der Waals surface area contributed by atoms with Crippen molar-refractivity contribution >= 4 is 0 Å². The van der Waals surface area contributed by atoms with Crippen LogP contribution >= 0.6 is 0 Å². The van der Waals surface area contributed by atoms with Gasteiger partial charge in [0, 0.05) is 23.4 Å². The zero-order valence-corrected chi connectivity index (χ0v) is 11.7. The molecule has 0 unspecified atom stereocenters. The lowest BCUT2D eigenvalue weighted by atomic mass is 9.81. The molecule has 0 saturated carbocycles. The fourth-order valence-electron chi connectivity index (χ4n) is 3.01. The second kappa shape index (κ2) is 4.37. The molecule has 0 N–H and O–H groups in total. The highest BCUT2D eigenvalue weighted by molar-refractivity contribution is 5.49. The maximum atomic E-state index is 6.09. The lowest BCUT2D eigenvalue weighted by Gasteiger charge is -2.35. The highest BCUT2D eigenvalue weighted by Gasteiger charge is 2.32. The molecule has 0 fully saturated rings. The summed E-state index contributed by atoms with van der Waals surface area (Å²) in [7, 11) is 0. The van der Waals surface area contributed by atoms with Crippen molar-refractivity contribution in [3.05, 3.63) is 65.2 Å². The van der Waals surface area contributed by atoms with E-state index in [1.807, 2.05) is 18.3 Å². The van der Waals surface area contributed by atoms with Gasteiger partial charge in [-0.05, 0) is 57.0 Å². The van der Waals surface area contributed by atoms with Gasteiger partial charge in [-0.15, -0.1) is 0 Å². The third kappa shape index (κ3) is 2.23. The highest BCUT2D eigenvalue weighted by atomic mass is 16.5. The molecular weight excluding hydrogens is 234 g/mol. The fraction of sp³-hybridized carbons (Fsp3) is 0.353. The Labute approximate surface area is 114 Å². The van der Waals surface area contributed by atoms with Crippen LogP contribution < -0.4 is 0 Å². The van der Waals surface area contributed by atoms with E-state index in [4.69, 9.17) is 4.74 Å². The van der Waals surface area contributed by atoms with Crippen molar-refractivity contribution in [3.8, 4) is 0 Å². The van der Waals surface area contributed by atoms with Gasteiger partial charge < -0.3 is 4.74 Å². The number of allylic oxidation sites excluding steroid dienone is 4. The number of aromatic nitrogens is 1. The molecule has 1 aromatic heterocycles. The molecule has 0 bridgehead atoms. The second-order valence-electron chi connectivity index (χ2n) is 5.76. The van der Waals surface area contributed by atoms with E-state index >= 15 is 0 Å². The molecule has 1 aliphatic carbocycles. The van der Waals surface area contributed by atoms with E-state index in [1.165, 1.54) is 11.1 Å². The lowest BCUT2D eigenvalue weighted by Crippen LogP contribution is -2.28. The van der Waals surface area contributed by atoms with Crippen LogP contribution in [0.15, 0.2) is 59.5 Å². The Hall–Kier alpha value is -1.83.